The summed E-state index contributed by atoms with van der Waals surface area (Å²) in [4.78, 5) is 13.7. The van der Waals surface area contributed by atoms with Crippen LogP contribution in [0.5, 0.6) is 0 Å². The van der Waals surface area contributed by atoms with E-state index in [9.17, 15) is 0 Å². The fourth-order valence-electron chi connectivity index (χ4n) is 5.35. The third-order valence-electron chi connectivity index (χ3n) is 6.10. The van der Waals surface area contributed by atoms with Crippen LogP contribution in [0, 0.1) is 12.3 Å². The number of fused-ring (bicyclic) bond motifs is 1. The van der Waals surface area contributed by atoms with Gasteiger partial charge in [0, 0.05) is 22.4 Å². The first-order valence-corrected chi connectivity index (χ1v) is 9.23. The molecule has 3 aliphatic rings. The molecule has 5 heteroatoms. The normalized spacial score (nSPS) is 30.0. The van der Waals surface area contributed by atoms with Crippen molar-refractivity contribution < 1.29 is 0 Å². The van der Waals surface area contributed by atoms with Crippen LogP contribution in [0.25, 0.3) is 10.9 Å². The van der Waals surface area contributed by atoms with Crippen molar-refractivity contribution in [1.82, 2.24) is 15.0 Å². The number of pyridine rings is 1. The van der Waals surface area contributed by atoms with Crippen molar-refractivity contribution in [2.75, 3.05) is 0 Å². The highest BCUT2D eigenvalue weighted by Crippen LogP contribution is 2.80. The Morgan fingerprint density at radius 1 is 1.12 bits per heavy atom. The summed E-state index contributed by atoms with van der Waals surface area (Å²) < 4.78 is 0. The zero-order valence-corrected chi connectivity index (χ0v) is 15.6. The highest BCUT2D eigenvalue weighted by atomic mass is 35.5. The minimum atomic E-state index is -0.0503. The van der Waals surface area contributed by atoms with Gasteiger partial charge in [0.15, 0.2) is 5.15 Å². The Balaban J connectivity index is 1.64. The second-order valence-corrected chi connectivity index (χ2v) is 8.56. The molecule has 0 aliphatic heterocycles. The van der Waals surface area contributed by atoms with E-state index in [1.54, 1.807) is 6.20 Å². The van der Waals surface area contributed by atoms with Crippen LogP contribution in [0.15, 0.2) is 36.5 Å². The van der Waals surface area contributed by atoms with Crippen molar-refractivity contribution in [2.24, 2.45) is 5.41 Å². The molecule has 6 rings (SSSR count). The van der Waals surface area contributed by atoms with Crippen LogP contribution in [0.3, 0.4) is 0 Å². The maximum atomic E-state index is 6.40. The van der Waals surface area contributed by atoms with Crippen LogP contribution in [-0.2, 0) is 5.41 Å². The summed E-state index contributed by atoms with van der Waals surface area (Å²) in [5.41, 5.74) is 4.55. The molecule has 3 aromatic rings. The van der Waals surface area contributed by atoms with Crippen LogP contribution in [0.1, 0.15) is 42.6 Å². The molecule has 0 N–H and O–H groups in total. The van der Waals surface area contributed by atoms with E-state index < -0.39 is 0 Å². The van der Waals surface area contributed by atoms with E-state index >= 15 is 0 Å². The average Bonchev–Trinajstić information content (AvgIpc) is 2.52. The molecule has 1 unspecified atom stereocenters. The molecular formula is C20H17Cl2N3. The van der Waals surface area contributed by atoms with Crippen LogP contribution in [-0.4, -0.2) is 15.0 Å². The highest BCUT2D eigenvalue weighted by molar-refractivity contribution is 6.32. The molecule has 0 amide bonds. The molecule has 0 radical (unpaired) electrons. The molecule has 0 spiro atoms. The average molecular weight is 370 g/mol. The number of hydrogen-bond donors (Lipinski definition) is 0. The molecule has 2 aromatic heterocycles. The monoisotopic (exact) mass is 369 g/mol. The number of benzene rings is 1. The molecule has 1 aromatic carbocycles. The molecule has 3 saturated carbocycles. The summed E-state index contributed by atoms with van der Waals surface area (Å²) in [6.45, 7) is 4.49. The summed E-state index contributed by atoms with van der Waals surface area (Å²) in [6, 6.07) is 10.5. The van der Waals surface area contributed by atoms with Crippen LogP contribution >= 0.6 is 23.2 Å². The van der Waals surface area contributed by atoms with Gasteiger partial charge in [0.1, 0.15) is 5.15 Å². The minimum Gasteiger partial charge on any atom is -0.254 e. The quantitative estimate of drug-likeness (QED) is 0.600. The molecule has 3 aliphatic carbocycles. The predicted molar refractivity (Wildman–Crippen MR) is 100 cm³/mol. The summed E-state index contributed by atoms with van der Waals surface area (Å²) in [5.74, 6) is 0.330. The molecular weight excluding hydrogens is 353 g/mol. The fraction of sp³-hybridized carbons (Fsp3) is 0.350. The second kappa shape index (κ2) is 4.93. The van der Waals surface area contributed by atoms with Crippen molar-refractivity contribution in [3.8, 4) is 0 Å². The van der Waals surface area contributed by atoms with Gasteiger partial charge in [0.25, 0.3) is 0 Å². The molecule has 25 heavy (non-hydrogen) atoms. The molecule has 2 heterocycles. The van der Waals surface area contributed by atoms with Crippen LogP contribution < -0.4 is 0 Å². The van der Waals surface area contributed by atoms with Crippen molar-refractivity contribution in [2.45, 2.75) is 38.0 Å². The number of aromatic nitrogens is 3. The first-order chi connectivity index (χ1) is 11.9. The maximum absolute atomic E-state index is 6.40. The number of rotatable bonds is 2. The fourth-order valence-corrected chi connectivity index (χ4v) is 5.86. The third kappa shape index (κ3) is 1.97. The van der Waals surface area contributed by atoms with E-state index in [2.05, 4.69) is 48.1 Å². The Labute approximate surface area is 156 Å². The van der Waals surface area contributed by atoms with Gasteiger partial charge in [-0.25, -0.2) is 4.98 Å². The summed E-state index contributed by atoms with van der Waals surface area (Å²) in [6.07, 6.45) is 3.75. The van der Waals surface area contributed by atoms with Gasteiger partial charge < -0.3 is 0 Å². The second-order valence-electron chi connectivity index (χ2n) is 7.81. The summed E-state index contributed by atoms with van der Waals surface area (Å²) in [5, 5.41) is 1.97. The molecule has 0 saturated heterocycles. The van der Waals surface area contributed by atoms with Crippen LogP contribution in [0.4, 0.5) is 0 Å². The Morgan fingerprint density at radius 3 is 2.60 bits per heavy atom. The lowest BCUT2D eigenvalue weighted by atomic mass is 9.28. The number of halogens is 2. The minimum absolute atomic E-state index is 0.0503. The van der Waals surface area contributed by atoms with Crippen molar-refractivity contribution in [3.05, 3.63) is 63.8 Å². The maximum Gasteiger partial charge on any atom is 0.152 e. The molecule has 126 valence electrons. The molecule has 3 fully saturated rings. The standard InChI is InChI=1S/C20H17Cl2N3/c1-11-7-14(24-13-6-4-3-5-12(11)13)16-19(2)9-20(16,10-19)17-18(22)25-15(21)8-23-17/h3-8,16H,9-10H2,1-2H3. The first-order valence-electron chi connectivity index (χ1n) is 8.48. The SMILES string of the molecule is Cc1cc(C2C3(C)CC2(c2ncc(Cl)nc2Cl)C3)nc2ccccc12. The predicted octanol–water partition coefficient (Wildman–Crippen LogP) is 5.48. The van der Waals surface area contributed by atoms with Gasteiger partial charge in [-0.05, 0) is 42.9 Å². The highest BCUT2D eigenvalue weighted by Gasteiger charge is 2.75. The lowest BCUT2D eigenvalue weighted by Crippen LogP contribution is -2.70. The number of hydrogen-bond acceptors (Lipinski definition) is 3. The Kier molecular flexibility index (Phi) is 3.06. The molecule has 1 atom stereocenters. The zero-order chi connectivity index (χ0) is 17.4. The zero-order valence-electron chi connectivity index (χ0n) is 14.1. The smallest absolute Gasteiger partial charge is 0.152 e. The topological polar surface area (TPSA) is 38.7 Å². The third-order valence-corrected chi connectivity index (χ3v) is 6.54. The Morgan fingerprint density at radius 2 is 1.88 bits per heavy atom. The molecule has 3 nitrogen and oxygen atoms in total. The van der Waals surface area contributed by atoms with E-state index in [0.717, 1.165) is 29.7 Å². The van der Waals surface area contributed by atoms with E-state index in [1.165, 1.54) is 10.9 Å². The van der Waals surface area contributed by atoms with E-state index in [1.807, 2.05) is 6.07 Å². The first kappa shape index (κ1) is 15.5. The van der Waals surface area contributed by atoms with E-state index in [4.69, 9.17) is 28.2 Å². The van der Waals surface area contributed by atoms with Gasteiger partial charge in [0.2, 0.25) is 0 Å². The van der Waals surface area contributed by atoms with Gasteiger partial charge in [-0.15, -0.1) is 0 Å². The number of nitrogens with zero attached hydrogens (tertiary/aromatic N) is 3. The van der Waals surface area contributed by atoms with Gasteiger partial charge in [0.05, 0.1) is 17.4 Å². The summed E-state index contributed by atoms with van der Waals surface area (Å²) in [7, 11) is 0. The van der Waals surface area contributed by atoms with Crippen molar-refractivity contribution in [3.63, 3.8) is 0 Å². The Hall–Kier alpha value is -1.71. The van der Waals surface area contributed by atoms with E-state index in [-0.39, 0.29) is 10.8 Å². The van der Waals surface area contributed by atoms with Crippen molar-refractivity contribution >= 4 is 34.1 Å². The van der Waals surface area contributed by atoms with Gasteiger partial charge in [-0.1, -0.05) is 48.3 Å². The van der Waals surface area contributed by atoms with Gasteiger partial charge >= 0.3 is 0 Å². The summed E-state index contributed by atoms with van der Waals surface area (Å²) >= 11 is 12.3. The molecule has 2 bridgehead atoms. The largest absolute Gasteiger partial charge is 0.254 e. The number of aryl methyl sites for hydroxylation is 1. The van der Waals surface area contributed by atoms with E-state index in [0.29, 0.717) is 16.2 Å². The van der Waals surface area contributed by atoms with Crippen molar-refractivity contribution in [1.29, 1.82) is 0 Å². The van der Waals surface area contributed by atoms with Gasteiger partial charge in [-0.3, -0.25) is 9.97 Å². The van der Waals surface area contributed by atoms with Crippen LogP contribution in [0.2, 0.25) is 10.3 Å². The lowest BCUT2D eigenvalue weighted by molar-refractivity contribution is -0.164. The van der Waals surface area contributed by atoms with Gasteiger partial charge in [-0.2, -0.15) is 0 Å². The lowest BCUT2D eigenvalue weighted by Gasteiger charge is -2.75. The number of para-hydroxylation sites is 1. The Bertz CT molecular complexity index is 1020.